The number of hydrogen-bond acceptors (Lipinski definition) is 5. The first-order valence-electron chi connectivity index (χ1n) is 10.2. The smallest absolute Gasteiger partial charge is 0.339 e. The molecule has 1 saturated heterocycles. The Bertz CT molecular complexity index is 758. The van der Waals surface area contributed by atoms with E-state index in [0.29, 0.717) is 19.4 Å². The first-order chi connectivity index (χ1) is 13.1. The van der Waals surface area contributed by atoms with Crippen LogP contribution in [-0.4, -0.2) is 43.8 Å². The Balaban J connectivity index is 1.63. The van der Waals surface area contributed by atoms with Gasteiger partial charge in [-0.1, -0.05) is 51.1 Å². The van der Waals surface area contributed by atoms with E-state index in [1.54, 1.807) is 0 Å². The SMILES string of the molecule is CC(C)(C)[Si](C)(C)O[C@@H]1C[C@H]2OC(=O)[C@@]3(OCc4ccccc4)[C@@H]1C[C@@]23CO. The third-order valence-electron chi connectivity index (χ3n) is 7.75. The molecule has 0 spiro atoms. The number of esters is 1. The Morgan fingerprint density at radius 1 is 1.25 bits per heavy atom. The first kappa shape index (κ1) is 20.1. The highest BCUT2D eigenvalue weighted by Crippen LogP contribution is 2.70. The second kappa shape index (κ2) is 6.39. The van der Waals surface area contributed by atoms with Crippen LogP contribution in [0.4, 0.5) is 0 Å². The van der Waals surface area contributed by atoms with Crippen LogP contribution in [0, 0.1) is 11.3 Å². The van der Waals surface area contributed by atoms with Crippen LogP contribution >= 0.6 is 0 Å². The summed E-state index contributed by atoms with van der Waals surface area (Å²) in [4.78, 5) is 13.0. The van der Waals surface area contributed by atoms with Crippen LogP contribution in [0.3, 0.4) is 0 Å². The first-order valence-corrected chi connectivity index (χ1v) is 13.2. The van der Waals surface area contributed by atoms with Gasteiger partial charge in [0.15, 0.2) is 13.9 Å². The van der Waals surface area contributed by atoms with Gasteiger partial charge in [0, 0.05) is 12.3 Å². The molecule has 1 aromatic carbocycles. The van der Waals surface area contributed by atoms with Crippen LogP contribution in [-0.2, 0) is 25.3 Å². The minimum Gasteiger partial charge on any atom is -0.459 e. The largest absolute Gasteiger partial charge is 0.459 e. The Morgan fingerprint density at radius 3 is 2.54 bits per heavy atom. The number of hydrogen-bond donors (Lipinski definition) is 1. The average Bonchev–Trinajstić information content (AvgIpc) is 2.71. The summed E-state index contributed by atoms with van der Waals surface area (Å²) in [5, 5.41) is 10.3. The van der Waals surface area contributed by atoms with Gasteiger partial charge in [0.05, 0.1) is 24.7 Å². The minimum absolute atomic E-state index is 0.0660. The molecule has 28 heavy (non-hydrogen) atoms. The molecule has 0 aromatic heterocycles. The van der Waals surface area contributed by atoms with E-state index in [9.17, 15) is 9.90 Å². The number of carbonyl (C=O) groups excluding carboxylic acids is 1. The molecule has 5 atom stereocenters. The monoisotopic (exact) mass is 404 g/mol. The molecule has 4 bridgehead atoms. The predicted octanol–water partition coefficient (Wildman–Crippen LogP) is 3.66. The summed E-state index contributed by atoms with van der Waals surface area (Å²) in [5.41, 5.74) is -0.710. The van der Waals surface area contributed by atoms with Crippen molar-refractivity contribution in [2.75, 3.05) is 6.61 Å². The van der Waals surface area contributed by atoms with Gasteiger partial charge in [-0.05, 0) is 30.1 Å². The molecule has 0 amide bonds. The number of fused-ring (bicyclic) bond motifs is 1. The fourth-order valence-corrected chi connectivity index (χ4v) is 6.44. The maximum atomic E-state index is 13.0. The van der Waals surface area contributed by atoms with Gasteiger partial charge in [-0.2, -0.15) is 0 Å². The third-order valence-corrected chi connectivity index (χ3v) is 12.3. The fourth-order valence-electron chi connectivity index (χ4n) is 5.07. The molecule has 3 aliphatic carbocycles. The van der Waals surface area contributed by atoms with Gasteiger partial charge in [-0.15, -0.1) is 0 Å². The van der Waals surface area contributed by atoms with E-state index in [1.165, 1.54) is 0 Å². The topological polar surface area (TPSA) is 65.0 Å². The van der Waals surface area contributed by atoms with Gasteiger partial charge in [0.25, 0.3) is 0 Å². The lowest BCUT2D eigenvalue weighted by molar-refractivity contribution is -0.282. The highest BCUT2D eigenvalue weighted by atomic mass is 28.4. The Hall–Kier alpha value is -1.21. The van der Waals surface area contributed by atoms with Crippen molar-refractivity contribution in [1.29, 1.82) is 0 Å². The van der Waals surface area contributed by atoms with Crippen LogP contribution < -0.4 is 0 Å². The molecule has 1 aromatic rings. The van der Waals surface area contributed by atoms with Crippen molar-refractivity contribution in [2.45, 2.75) is 76.2 Å². The van der Waals surface area contributed by atoms with Crippen LogP contribution in [0.5, 0.6) is 0 Å². The molecule has 5 rings (SSSR count). The second-order valence-electron chi connectivity index (χ2n) is 10.2. The van der Waals surface area contributed by atoms with E-state index in [2.05, 4.69) is 33.9 Å². The standard InChI is InChI=1S/C22H32O5Si/c1-20(2,3)28(4,5)27-17-11-18-21(14-23)12-16(17)22(21,19(24)26-18)25-13-15-9-7-6-8-10-15/h6-10,16-18,23H,11-14H2,1-5H3/t16-,17-,18-,21-,22+/m1/s1. The average molecular weight is 405 g/mol. The number of aliphatic hydroxyl groups excluding tert-OH is 1. The highest BCUT2D eigenvalue weighted by Gasteiger charge is 2.83. The van der Waals surface area contributed by atoms with Crippen LogP contribution in [0.2, 0.25) is 18.1 Å². The van der Waals surface area contributed by atoms with Crippen molar-refractivity contribution in [3.63, 3.8) is 0 Å². The Morgan fingerprint density at radius 2 is 1.93 bits per heavy atom. The summed E-state index contributed by atoms with van der Waals surface area (Å²) in [6.07, 6.45) is 0.968. The van der Waals surface area contributed by atoms with Crippen molar-refractivity contribution in [3.8, 4) is 0 Å². The number of rotatable bonds is 6. The molecule has 1 heterocycles. The third kappa shape index (κ3) is 2.58. The Labute approximate surface area is 168 Å². The predicted molar refractivity (Wildman–Crippen MR) is 108 cm³/mol. The molecule has 1 N–H and O–H groups in total. The van der Waals surface area contributed by atoms with Gasteiger partial charge in [0.2, 0.25) is 0 Å². The van der Waals surface area contributed by atoms with Crippen molar-refractivity contribution >= 4 is 14.3 Å². The zero-order chi connectivity index (χ0) is 20.4. The summed E-state index contributed by atoms with van der Waals surface area (Å²) in [6.45, 7) is 11.4. The highest BCUT2D eigenvalue weighted by molar-refractivity contribution is 6.74. The molecular formula is C22H32O5Si. The van der Waals surface area contributed by atoms with E-state index in [-0.39, 0.29) is 35.7 Å². The van der Waals surface area contributed by atoms with E-state index in [4.69, 9.17) is 13.9 Å². The molecule has 0 radical (unpaired) electrons. The van der Waals surface area contributed by atoms with E-state index < -0.39 is 19.3 Å². The molecule has 3 saturated carbocycles. The van der Waals surface area contributed by atoms with Gasteiger partial charge in [-0.25, -0.2) is 4.79 Å². The minimum atomic E-state index is -2.00. The van der Waals surface area contributed by atoms with E-state index in [1.807, 2.05) is 30.3 Å². The lowest BCUT2D eigenvalue weighted by Crippen LogP contribution is -2.76. The van der Waals surface area contributed by atoms with Crippen molar-refractivity contribution in [1.82, 2.24) is 0 Å². The van der Waals surface area contributed by atoms with Crippen molar-refractivity contribution in [3.05, 3.63) is 35.9 Å². The van der Waals surface area contributed by atoms with E-state index in [0.717, 1.165) is 5.56 Å². The molecule has 4 fully saturated rings. The Kier molecular flexibility index (Phi) is 4.58. The van der Waals surface area contributed by atoms with Gasteiger partial charge >= 0.3 is 5.97 Å². The second-order valence-corrected chi connectivity index (χ2v) is 14.9. The summed E-state index contributed by atoms with van der Waals surface area (Å²) >= 11 is 0. The van der Waals surface area contributed by atoms with Crippen molar-refractivity contribution in [2.24, 2.45) is 11.3 Å². The molecule has 6 heteroatoms. The summed E-state index contributed by atoms with van der Waals surface area (Å²) in [6, 6.07) is 9.84. The van der Waals surface area contributed by atoms with Gasteiger partial charge in [-0.3, -0.25) is 0 Å². The fraction of sp³-hybridized carbons (Fsp3) is 0.682. The summed E-state index contributed by atoms with van der Waals surface area (Å²) in [7, 11) is -2.00. The molecule has 154 valence electrons. The lowest BCUT2D eigenvalue weighted by Gasteiger charge is -2.64. The van der Waals surface area contributed by atoms with Gasteiger partial charge in [0.1, 0.15) is 6.10 Å². The van der Waals surface area contributed by atoms with Gasteiger partial charge < -0.3 is 19.0 Å². The maximum absolute atomic E-state index is 13.0. The zero-order valence-electron chi connectivity index (χ0n) is 17.5. The lowest BCUT2D eigenvalue weighted by atomic mass is 9.44. The maximum Gasteiger partial charge on any atom is 0.339 e. The number of ether oxygens (including phenoxy) is 2. The van der Waals surface area contributed by atoms with Crippen LogP contribution in [0.15, 0.2) is 30.3 Å². The quantitative estimate of drug-likeness (QED) is 0.579. The zero-order valence-corrected chi connectivity index (χ0v) is 18.5. The molecular weight excluding hydrogens is 372 g/mol. The molecule has 4 aliphatic rings. The van der Waals surface area contributed by atoms with E-state index >= 15 is 0 Å². The normalized spacial score (nSPS) is 36.8. The molecule has 0 unspecified atom stereocenters. The number of carbonyl (C=O) groups is 1. The van der Waals surface area contributed by atoms with Crippen molar-refractivity contribution < 1.29 is 23.8 Å². The summed E-state index contributed by atoms with van der Waals surface area (Å²) in [5.74, 6) is -0.385. The van der Waals surface area contributed by atoms with Crippen LogP contribution in [0.1, 0.15) is 39.2 Å². The molecule has 1 aliphatic heterocycles. The number of aliphatic hydroxyl groups is 1. The molecule has 5 nitrogen and oxygen atoms in total. The number of benzene rings is 1. The van der Waals surface area contributed by atoms with Crippen LogP contribution in [0.25, 0.3) is 0 Å². The summed E-state index contributed by atoms with van der Waals surface area (Å²) < 4.78 is 18.8.